The fourth-order valence-corrected chi connectivity index (χ4v) is 1.20. The number of rotatable bonds is 4. The van der Waals surface area contributed by atoms with Crippen molar-refractivity contribution in [1.29, 1.82) is 0 Å². The SMILES string of the molecule is NCc1cc(C(F)F)c(OC(F)(F)F)c(C=O)n1. The van der Waals surface area contributed by atoms with Crippen LogP contribution in [-0.2, 0) is 6.54 Å². The summed E-state index contributed by atoms with van der Waals surface area (Å²) in [6, 6.07) is 0.665. The van der Waals surface area contributed by atoms with E-state index in [1.165, 1.54) is 0 Å². The van der Waals surface area contributed by atoms with Gasteiger partial charge in [-0.15, -0.1) is 13.2 Å². The maximum atomic E-state index is 12.6. The first-order chi connectivity index (χ1) is 8.28. The second kappa shape index (κ2) is 5.25. The minimum atomic E-state index is -5.20. The molecule has 0 saturated carbocycles. The molecule has 0 amide bonds. The zero-order valence-electron chi connectivity index (χ0n) is 8.67. The smallest absolute Gasteiger partial charge is 0.403 e. The topological polar surface area (TPSA) is 65.2 Å². The van der Waals surface area contributed by atoms with Gasteiger partial charge in [-0.1, -0.05) is 0 Å². The van der Waals surface area contributed by atoms with Crippen LogP contribution in [0.5, 0.6) is 5.75 Å². The van der Waals surface area contributed by atoms with Crippen molar-refractivity contribution in [2.24, 2.45) is 5.73 Å². The molecule has 0 spiro atoms. The summed E-state index contributed by atoms with van der Waals surface area (Å²) >= 11 is 0. The summed E-state index contributed by atoms with van der Waals surface area (Å²) in [5, 5.41) is 0. The van der Waals surface area contributed by atoms with Crippen molar-refractivity contribution < 1.29 is 31.5 Å². The molecule has 2 N–H and O–H groups in total. The van der Waals surface area contributed by atoms with E-state index in [1.54, 1.807) is 0 Å². The third-order valence-corrected chi connectivity index (χ3v) is 1.85. The number of ether oxygens (including phenoxy) is 1. The van der Waals surface area contributed by atoms with Gasteiger partial charge in [-0.25, -0.2) is 13.8 Å². The molecule has 0 atom stereocenters. The Labute approximate surface area is 97.6 Å². The maximum Gasteiger partial charge on any atom is 0.573 e. The predicted molar refractivity (Wildman–Crippen MR) is 49.2 cm³/mol. The van der Waals surface area contributed by atoms with Crippen LogP contribution in [-0.4, -0.2) is 17.6 Å². The number of hydrogen-bond donors (Lipinski definition) is 1. The third-order valence-electron chi connectivity index (χ3n) is 1.85. The number of nitrogens with zero attached hydrogens (tertiary/aromatic N) is 1. The fraction of sp³-hybridized carbons (Fsp3) is 0.333. The lowest BCUT2D eigenvalue weighted by atomic mass is 10.1. The van der Waals surface area contributed by atoms with Crippen LogP contribution in [0.15, 0.2) is 6.07 Å². The van der Waals surface area contributed by atoms with Gasteiger partial charge in [-0.05, 0) is 6.07 Å². The average molecular weight is 270 g/mol. The molecule has 100 valence electrons. The Morgan fingerprint density at radius 1 is 1.44 bits per heavy atom. The first-order valence-corrected chi connectivity index (χ1v) is 4.51. The molecule has 1 aromatic heterocycles. The quantitative estimate of drug-likeness (QED) is 0.672. The second-order valence-electron chi connectivity index (χ2n) is 3.09. The molecule has 1 aromatic rings. The normalized spacial score (nSPS) is 11.7. The molecule has 0 fully saturated rings. The van der Waals surface area contributed by atoms with Crippen LogP contribution in [0.4, 0.5) is 22.0 Å². The number of aromatic nitrogens is 1. The number of pyridine rings is 1. The number of aldehydes is 1. The lowest BCUT2D eigenvalue weighted by molar-refractivity contribution is -0.275. The Morgan fingerprint density at radius 3 is 2.44 bits per heavy atom. The van der Waals surface area contributed by atoms with Gasteiger partial charge >= 0.3 is 6.36 Å². The van der Waals surface area contributed by atoms with Gasteiger partial charge < -0.3 is 10.5 Å². The monoisotopic (exact) mass is 270 g/mol. The van der Waals surface area contributed by atoms with Gasteiger partial charge in [0.05, 0.1) is 11.3 Å². The van der Waals surface area contributed by atoms with Gasteiger partial charge in [0.25, 0.3) is 6.43 Å². The minimum absolute atomic E-state index is 0.105. The van der Waals surface area contributed by atoms with E-state index in [1.807, 2.05) is 0 Å². The molecule has 0 unspecified atom stereocenters. The lowest BCUT2D eigenvalue weighted by Crippen LogP contribution is -2.20. The van der Waals surface area contributed by atoms with Crippen molar-refractivity contribution in [3.8, 4) is 5.75 Å². The first-order valence-electron chi connectivity index (χ1n) is 4.51. The zero-order chi connectivity index (χ0) is 13.9. The molecular weight excluding hydrogens is 263 g/mol. The van der Waals surface area contributed by atoms with E-state index >= 15 is 0 Å². The Balaban J connectivity index is 3.39. The molecule has 0 saturated heterocycles. The van der Waals surface area contributed by atoms with Crippen LogP contribution < -0.4 is 10.5 Å². The summed E-state index contributed by atoms with van der Waals surface area (Å²) in [4.78, 5) is 13.9. The highest BCUT2D eigenvalue weighted by molar-refractivity contribution is 5.77. The number of carbonyl (C=O) groups is 1. The number of alkyl halides is 5. The summed E-state index contributed by atoms with van der Waals surface area (Å²) in [7, 11) is 0. The summed E-state index contributed by atoms with van der Waals surface area (Å²) < 4.78 is 64.8. The van der Waals surface area contributed by atoms with Crippen molar-refractivity contribution >= 4 is 6.29 Å². The van der Waals surface area contributed by atoms with E-state index < -0.39 is 29.8 Å². The van der Waals surface area contributed by atoms with Gasteiger partial charge in [0.15, 0.2) is 12.0 Å². The number of nitrogens with two attached hydrogens (primary N) is 1. The number of carbonyl (C=O) groups excluding carboxylic acids is 1. The average Bonchev–Trinajstić information content (AvgIpc) is 2.26. The molecule has 0 aromatic carbocycles. The largest absolute Gasteiger partial charge is 0.573 e. The molecule has 9 heteroatoms. The van der Waals surface area contributed by atoms with Gasteiger partial charge in [-0.2, -0.15) is 0 Å². The van der Waals surface area contributed by atoms with E-state index in [9.17, 15) is 26.7 Å². The molecular formula is C9H7F5N2O2. The van der Waals surface area contributed by atoms with Crippen LogP contribution in [0.25, 0.3) is 0 Å². The predicted octanol–water partition coefficient (Wildman–Crippen LogP) is 2.19. The van der Waals surface area contributed by atoms with E-state index in [4.69, 9.17) is 5.73 Å². The van der Waals surface area contributed by atoms with Gasteiger partial charge in [0.2, 0.25) is 0 Å². The highest BCUT2D eigenvalue weighted by Crippen LogP contribution is 2.35. The molecule has 0 radical (unpaired) electrons. The summed E-state index contributed by atoms with van der Waals surface area (Å²) in [6.07, 6.45) is -8.56. The fourth-order valence-electron chi connectivity index (χ4n) is 1.20. The summed E-state index contributed by atoms with van der Waals surface area (Å²) in [5.74, 6) is -1.30. The molecule has 1 rings (SSSR count). The van der Waals surface area contributed by atoms with Crippen molar-refractivity contribution in [2.45, 2.75) is 19.3 Å². The standard InChI is InChI=1S/C9H7F5N2O2/c10-8(11)5-1-4(2-15)16-6(3-17)7(5)18-9(12,13)14/h1,3,8H,2,15H2. The van der Waals surface area contributed by atoms with E-state index in [2.05, 4.69) is 9.72 Å². The molecule has 18 heavy (non-hydrogen) atoms. The van der Waals surface area contributed by atoms with Crippen molar-refractivity contribution in [3.05, 3.63) is 23.0 Å². The highest BCUT2D eigenvalue weighted by Gasteiger charge is 2.35. The Kier molecular flexibility index (Phi) is 4.17. The van der Waals surface area contributed by atoms with Crippen LogP contribution in [0, 0.1) is 0 Å². The second-order valence-corrected chi connectivity index (χ2v) is 3.09. The molecule has 4 nitrogen and oxygen atoms in total. The molecule has 0 aliphatic heterocycles. The summed E-state index contributed by atoms with van der Waals surface area (Å²) in [5.41, 5.74) is 3.05. The maximum absolute atomic E-state index is 12.6. The zero-order valence-corrected chi connectivity index (χ0v) is 8.67. The molecule has 0 aliphatic carbocycles. The summed E-state index contributed by atoms with van der Waals surface area (Å²) in [6.45, 7) is -0.299. The van der Waals surface area contributed by atoms with Gasteiger partial charge in [0.1, 0.15) is 5.69 Å². The lowest BCUT2D eigenvalue weighted by Gasteiger charge is -2.15. The van der Waals surface area contributed by atoms with Gasteiger partial charge in [0, 0.05) is 6.54 Å². The number of hydrogen-bond acceptors (Lipinski definition) is 4. The van der Waals surface area contributed by atoms with Crippen molar-refractivity contribution in [3.63, 3.8) is 0 Å². The molecule has 0 aliphatic rings. The molecule has 1 heterocycles. The number of halogens is 5. The Hall–Kier alpha value is -1.77. The molecule has 0 bridgehead atoms. The van der Waals surface area contributed by atoms with Crippen LogP contribution in [0.1, 0.15) is 28.2 Å². The Bertz CT molecular complexity index is 447. The van der Waals surface area contributed by atoms with E-state index in [0.29, 0.717) is 6.07 Å². The van der Waals surface area contributed by atoms with Crippen LogP contribution in [0.3, 0.4) is 0 Å². The third kappa shape index (κ3) is 3.36. The van der Waals surface area contributed by atoms with Gasteiger partial charge in [-0.3, -0.25) is 4.79 Å². The highest BCUT2D eigenvalue weighted by atomic mass is 19.4. The van der Waals surface area contributed by atoms with Crippen molar-refractivity contribution in [2.75, 3.05) is 0 Å². The van der Waals surface area contributed by atoms with Crippen LogP contribution in [0.2, 0.25) is 0 Å². The van der Waals surface area contributed by atoms with E-state index in [-0.39, 0.29) is 18.5 Å². The Morgan fingerprint density at radius 2 is 2.06 bits per heavy atom. The minimum Gasteiger partial charge on any atom is -0.403 e. The van der Waals surface area contributed by atoms with E-state index in [0.717, 1.165) is 0 Å². The first kappa shape index (κ1) is 14.3. The van der Waals surface area contributed by atoms with Crippen molar-refractivity contribution in [1.82, 2.24) is 4.98 Å². The van der Waals surface area contributed by atoms with Crippen LogP contribution >= 0.6 is 0 Å².